The van der Waals surface area contributed by atoms with E-state index in [1.54, 1.807) is 4.90 Å². The number of amides is 1. The van der Waals surface area contributed by atoms with Crippen molar-refractivity contribution in [2.45, 2.75) is 0 Å². The minimum Gasteiger partial charge on any atom is -0.349 e. The Labute approximate surface area is 139 Å². The number of H-pyrrole nitrogens is 1. The van der Waals surface area contributed by atoms with Crippen molar-refractivity contribution in [2.24, 2.45) is 0 Å². The van der Waals surface area contributed by atoms with E-state index in [0.29, 0.717) is 23.8 Å². The number of aromatic nitrogens is 1. The van der Waals surface area contributed by atoms with Gasteiger partial charge in [0, 0.05) is 24.0 Å². The fourth-order valence-electron chi connectivity index (χ4n) is 2.98. The Kier molecular flexibility index (Phi) is 3.43. The van der Waals surface area contributed by atoms with Gasteiger partial charge in [-0.15, -0.1) is 0 Å². The molecule has 0 bridgehead atoms. The van der Waals surface area contributed by atoms with Crippen LogP contribution < -0.4 is 0 Å². The second kappa shape index (κ2) is 5.60. The van der Waals surface area contributed by atoms with Gasteiger partial charge in [-0.05, 0) is 17.2 Å². The Morgan fingerprint density at radius 3 is 2.57 bits per heavy atom. The third kappa shape index (κ3) is 2.43. The fraction of sp³-hybridized carbons (Fsp3) is 0.105. The first kappa shape index (κ1) is 14.1. The zero-order chi connectivity index (χ0) is 15.8. The van der Waals surface area contributed by atoms with Crippen molar-refractivity contribution in [2.75, 3.05) is 13.1 Å². The van der Waals surface area contributed by atoms with Crippen molar-refractivity contribution in [3.05, 3.63) is 77.0 Å². The van der Waals surface area contributed by atoms with Crippen LogP contribution in [0.5, 0.6) is 0 Å². The summed E-state index contributed by atoms with van der Waals surface area (Å²) in [6.07, 6.45) is 2.10. The lowest BCUT2D eigenvalue weighted by Gasteiger charge is -2.16. The van der Waals surface area contributed by atoms with E-state index in [1.807, 2.05) is 42.5 Å². The molecule has 1 aromatic heterocycles. The number of fused-ring (bicyclic) bond motifs is 1. The largest absolute Gasteiger partial charge is 0.349 e. The van der Waals surface area contributed by atoms with Gasteiger partial charge in [0.15, 0.2) is 0 Å². The van der Waals surface area contributed by atoms with E-state index in [4.69, 9.17) is 11.6 Å². The molecule has 1 aliphatic heterocycles. The third-order valence-electron chi connectivity index (χ3n) is 4.21. The molecule has 2 heterocycles. The van der Waals surface area contributed by atoms with E-state index in [9.17, 15) is 4.79 Å². The number of rotatable bonds is 2. The van der Waals surface area contributed by atoms with E-state index in [0.717, 1.165) is 16.5 Å². The van der Waals surface area contributed by atoms with Crippen molar-refractivity contribution in [3.63, 3.8) is 0 Å². The molecule has 1 amide bonds. The zero-order valence-electron chi connectivity index (χ0n) is 12.4. The summed E-state index contributed by atoms with van der Waals surface area (Å²) >= 11 is 6.39. The molecule has 114 valence electrons. The summed E-state index contributed by atoms with van der Waals surface area (Å²) in [6, 6.07) is 17.8. The van der Waals surface area contributed by atoms with Gasteiger partial charge in [0.2, 0.25) is 0 Å². The molecule has 0 saturated heterocycles. The van der Waals surface area contributed by atoms with Crippen LogP contribution in [-0.2, 0) is 0 Å². The van der Waals surface area contributed by atoms with Gasteiger partial charge in [-0.1, -0.05) is 66.2 Å². The molecule has 2 aromatic carbocycles. The number of hydrogen-bond donors (Lipinski definition) is 1. The van der Waals surface area contributed by atoms with Crippen LogP contribution in [0.2, 0.25) is 5.02 Å². The molecule has 23 heavy (non-hydrogen) atoms. The van der Waals surface area contributed by atoms with E-state index in [1.165, 1.54) is 5.57 Å². The lowest BCUT2D eigenvalue weighted by molar-refractivity contribution is 0.0797. The predicted molar refractivity (Wildman–Crippen MR) is 93.6 cm³/mol. The topological polar surface area (TPSA) is 36.1 Å². The number of nitrogens with one attached hydrogen (secondary N) is 1. The van der Waals surface area contributed by atoms with Gasteiger partial charge < -0.3 is 9.88 Å². The Morgan fingerprint density at radius 2 is 1.78 bits per heavy atom. The Morgan fingerprint density at radius 1 is 1.04 bits per heavy atom. The number of carbonyl (C=O) groups excluding carboxylic acids is 1. The smallest absolute Gasteiger partial charge is 0.272 e. The summed E-state index contributed by atoms with van der Waals surface area (Å²) < 4.78 is 0. The SMILES string of the molecule is O=C(c1[nH]c2ccccc2c1Cl)N1CC=C(c2ccccc2)C1. The van der Waals surface area contributed by atoms with Crippen LogP contribution in [0.1, 0.15) is 16.1 Å². The number of halogens is 1. The fourth-order valence-corrected chi connectivity index (χ4v) is 3.28. The number of carbonyl (C=O) groups is 1. The maximum atomic E-state index is 12.8. The molecule has 3 nitrogen and oxygen atoms in total. The predicted octanol–water partition coefficient (Wildman–Crippen LogP) is 4.36. The van der Waals surface area contributed by atoms with Crippen LogP contribution in [0.15, 0.2) is 60.7 Å². The summed E-state index contributed by atoms with van der Waals surface area (Å²) in [5, 5.41) is 1.38. The van der Waals surface area contributed by atoms with Gasteiger partial charge in [0.05, 0.1) is 5.02 Å². The van der Waals surface area contributed by atoms with Crippen molar-refractivity contribution < 1.29 is 4.79 Å². The molecular formula is C19H15ClN2O. The van der Waals surface area contributed by atoms with Crippen molar-refractivity contribution in [1.29, 1.82) is 0 Å². The lowest BCUT2D eigenvalue weighted by Crippen LogP contribution is -2.29. The summed E-state index contributed by atoms with van der Waals surface area (Å²) in [7, 11) is 0. The minimum absolute atomic E-state index is 0.0617. The van der Waals surface area contributed by atoms with Crippen molar-refractivity contribution >= 4 is 34.0 Å². The highest BCUT2D eigenvalue weighted by Crippen LogP contribution is 2.29. The van der Waals surface area contributed by atoms with Gasteiger partial charge in [-0.2, -0.15) is 0 Å². The lowest BCUT2D eigenvalue weighted by atomic mass is 10.1. The molecule has 1 aliphatic rings. The molecule has 0 aliphatic carbocycles. The van der Waals surface area contributed by atoms with Crippen LogP contribution >= 0.6 is 11.6 Å². The molecule has 0 atom stereocenters. The Bertz CT molecular complexity index is 912. The van der Waals surface area contributed by atoms with Gasteiger partial charge in [-0.3, -0.25) is 4.79 Å². The zero-order valence-corrected chi connectivity index (χ0v) is 13.2. The Balaban J connectivity index is 1.60. The van der Waals surface area contributed by atoms with Gasteiger partial charge in [0.25, 0.3) is 5.91 Å². The normalized spacial score (nSPS) is 14.3. The molecule has 0 saturated carbocycles. The first-order valence-corrected chi connectivity index (χ1v) is 7.92. The molecule has 3 aromatic rings. The minimum atomic E-state index is -0.0617. The third-order valence-corrected chi connectivity index (χ3v) is 4.60. The van der Waals surface area contributed by atoms with E-state index in [-0.39, 0.29) is 5.91 Å². The van der Waals surface area contributed by atoms with Gasteiger partial charge in [-0.25, -0.2) is 0 Å². The summed E-state index contributed by atoms with van der Waals surface area (Å²) in [5.41, 5.74) is 3.68. The number of aromatic amines is 1. The second-order valence-electron chi connectivity index (χ2n) is 5.64. The molecule has 4 heteroatoms. The second-order valence-corrected chi connectivity index (χ2v) is 6.02. The van der Waals surface area contributed by atoms with E-state index < -0.39 is 0 Å². The highest BCUT2D eigenvalue weighted by molar-refractivity contribution is 6.38. The summed E-state index contributed by atoms with van der Waals surface area (Å²) in [5.74, 6) is -0.0617. The van der Waals surface area contributed by atoms with Crippen LogP contribution in [0.4, 0.5) is 0 Å². The van der Waals surface area contributed by atoms with Crippen LogP contribution in [0, 0.1) is 0 Å². The van der Waals surface area contributed by atoms with Gasteiger partial charge in [0.1, 0.15) is 5.69 Å². The molecule has 0 unspecified atom stereocenters. The molecule has 0 fully saturated rings. The maximum absolute atomic E-state index is 12.8. The first-order valence-electron chi connectivity index (χ1n) is 7.54. The molecular weight excluding hydrogens is 308 g/mol. The molecule has 0 spiro atoms. The molecule has 1 N–H and O–H groups in total. The Hall–Kier alpha value is -2.52. The first-order chi connectivity index (χ1) is 11.2. The summed E-state index contributed by atoms with van der Waals surface area (Å²) in [4.78, 5) is 17.7. The number of nitrogens with zero attached hydrogens (tertiary/aromatic N) is 1. The molecule has 0 radical (unpaired) electrons. The quantitative estimate of drug-likeness (QED) is 0.747. The standard InChI is InChI=1S/C19H15ClN2O/c20-17-15-8-4-5-9-16(15)21-18(17)19(23)22-11-10-14(12-22)13-6-2-1-3-7-13/h1-10,21H,11-12H2. The average Bonchev–Trinajstić information content (AvgIpc) is 3.21. The van der Waals surface area contributed by atoms with Crippen LogP contribution in [0.3, 0.4) is 0 Å². The highest BCUT2D eigenvalue weighted by Gasteiger charge is 2.25. The monoisotopic (exact) mass is 322 g/mol. The van der Waals surface area contributed by atoms with Crippen LogP contribution in [0.25, 0.3) is 16.5 Å². The maximum Gasteiger partial charge on any atom is 0.272 e. The highest BCUT2D eigenvalue weighted by atomic mass is 35.5. The number of hydrogen-bond acceptors (Lipinski definition) is 1. The van der Waals surface area contributed by atoms with Crippen molar-refractivity contribution in [1.82, 2.24) is 9.88 Å². The van der Waals surface area contributed by atoms with E-state index >= 15 is 0 Å². The van der Waals surface area contributed by atoms with Gasteiger partial charge >= 0.3 is 0 Å². The number of para-hydroxylation sites is 1. The summed E-state index contributed by atoms with van der Waals surface area (Å²) in [6.45, 7) is 1.21. The molecule has 4 rings (SSSR count). The average molecular weight is 323 g/mol. The van der Waals surface area contributed by atoms with Crippen molar-refractivity contribution in [3.8, 4) is 0 Å². The van der Waals surface area contributed by atoms with Crippen LogP contribution in [-0.4, -0.2) is 28.9 Å². The van der Waals surface area contributed by atoms with E-state index in [2.05, 4.69) is 23.2 Å². The number of benzene rings is 2.